The van der Waals surface area contributed by atoms with E-state index in [0.29, 0.717) is 24.5 Å². The summed E-state index contributed by atoms with van der Waals surface area (Å²) < 4.78 is 6.83. The first-order chi connectivity index (χ1) is 10.7. The smallest absolute Gasteiger partial charge is 0.280 e. The van der Waals surface area contributed by atoms with Crippen LogP contribution in [0.4, 0.5) is 5.69 Å². The molecule has 7 nitrogen and oxygen atoms in total. The van der Waals surface area contributed by atoms with Gasteiger partial charge in [-0.05, 0) is 18.6 Å². The van der Waals surface area contributed by atoms with Gasteiger partial charge in [-0.25, -0.2) is 4.68 Å². The number of hydrogen-bond acceptors (Lipinski definition) is 5. The molecular weight excluding hydrogens is 282 g/mol. The number of rotatable bonds is 1. The number of benzene rings is 1. The first kappa shape index (κ1) is 12.8. The van der Waals surface area contributed by atoms with E-state index < -0.39 is 0 Å². The molecule has 0 N–H and O–H groups in total. The Labute approximate surface area is 126 Å². The van der Waals surface area contributed by atoms with Crippen molar-refractivity contribution in [3.63, 3.8) is 0 Å². The maximum atomic E-state index is 12.8. The third-order valence-electron chi connectivity index (χ3n) is 3.71. The molecule has 4 rings (SSSR count). The van der Waals surface area contributed by atoms with Gasteiger partial charge < -0.3 is 9.42 Å². The first-order valence-corrected chi connectivity index (χ1v) is 6.93. The minimum atomic E-state index is -0.195. The van der Waals surface area contributed by atoms with Crippen molar-refractivity contribution in [3.05, 3.63) is 59.2 Å². The molecule has 0 atom stereocenters. The van der Waals surface area contributed by atoms with E-state index in [0.717, 1.165) is 16.9 Å². The predicted molar refractivity (Wildman–Crippen MR) is 77.3 cm³/mol. The Morgan fingerprint density at radius 3 is 2.95 bits per heavy atom. The number of para-hydroxylation sites is 1. The Morgan fingerprint density at radius 2 is 2.14 bits per heavy atom. The minimum Gasteiger partial charge on any atom is -0.361 e. The molecule has 2 aromatic heterocycles. The second-order valence-electron chi connectivity index (χ2n) is 5.23. The van der Waals surface area contributed by atoms with E-state index in [1.54, 1.807) is 28.8 Å². The quantitative estimate of drug-likeness (QED) is 0.684. The molecule has 1 amide bonds. The molecule has 22 heavy (non-hydrogen) atoms. The molecule has 1 aromatic carbocycles. The fourth-order valence-corrected chi connectivity index (χ4v) is 2.64. The monoisotopic (exact) mass is 295 g/mol. The van der Waals surface area contributed by atoms with Gasteiger partial charge in [0.1, 0.15) is 5.76 Å². The molecule has 0 fully saturated rings. The number of fused-ring (bicyclic) bond motifs is 2. The maximum Gasteiger partial charge on any atom is 0.280 e. The largest absolute Gasteiger partial charge is 0.361 e. The van der Waals surface area contributed by atoms with Crippen LogP contribution in [-0.2, 0) is 13.1 Å². The highest BCUT2D eigenvalue weighted by Gasteiger charge is 2.27. The fraction of sp³-hybridized carbons (Fsp3) is 0.200. The standard InChI is InChI=1S/C15H13N5O2/c1-10-6-13(17-22-10)15(21)19-9-12-7-16-18-20(12)8-11-4-2-3-5-14(11)19/h2-7H,8-9H2,1H3. The van der Waals surface area contributed by atoms with Gasteiger partial charge in [0.15, 0.2) is 5.69 Å². The molecule has 1 aliphatic heterocycles. The molecule has 0 unspecified atom stereocenters. The van der Waals surface area contributed by atoms with E-state index in [9.17, 15) is 4.79 Å². The normalized spacial score (nSPS) is 13.4. The van der Waals surface area contributed by atoms with Gasteiger partial charge in [0.25, 0.3) is 5.91 Å². The van der Waals surface area contributed by atoms with Gasteiger partial charge >= 0.3 is 0 Å². The maximum absolute atomic E-state index is 12.8. The highest BCUT2D eigenvalue weighted by molar-refractivity contribution is 6.05. The lowest BCUT2D eigenvalue weighted by atomic mass is 10.1. The highest BCUT2D eigenvalue weighted by Crippen LogP contribution is 2.28. The summed E-state index contributed by atoms with van der Waals surface area (Å²) in [6.45, 7) is 2.75. The molecule has 3 aromatic rings. The summed E-state index contributed by atoms with van der Waals surface area (Å²) in [5, 5.41) is 11.8. The lowest BCUT2D eigenvalue weighted by Gasteiger charge is -2.21. The molecular formula is C15H13N5O2. The van der Waals surface area contributed by atoms with Crippen LogP contribution in [0, 0.1) is 6.92 Å². The molecule has 0 bridgehead atoms. The number of anilines is 1. The summed E-state index contributed by atoms with van der Waals surface area (Å²) in [6.07, 6.45) is 1.68. The minimum absolute atomic E-state index is 0.195. The summed E-state index contributed by atoms with van der Waals surface area (Å²) in [6, 6.07) is 9.43. The Hall–Kier alpha value is -2.96. The van der Waals surface area contributed by atoms with Gasteiger partial charge in [-0.15, -0.1) is 5.10 Å². The van der Waals surface area contributed by atoms with Crippen LogP contribution in [0.5, 0.6) is 0 Å². The number of carbonyl (C=O) groups excluding carboxylic acids is 1. The van der Waals surface area contributed by atoms with Gasteiger partial charge in [0.2, 0.25) is 0 Å². The lowest BCUT2D eigenvalue weighted by molar-refractivity contribution is 0.0976. The van der Waals surface area contributed by atoms with Crippen molar-refractivity contribution in [2.24, 2.45) is 0 Å². The Bertz CT molecular complexity index is 851. The van der Waals surface area contributed by atoms with Crippen LogP contribution in [0.25, 0.3) is 0 Å². The zero-order chi connectivity index (χ0) is 15.1. The molecule has 0 radical (unpaired) electrons. The molecule has 3 heterocycles. The summed E-state index contributed by atoms with van der Waals surface area (Å²) in [7, 11) is 0. The molecule has 0 saturated heterocycles. The molecule has 7 heteroatoms. The number of carbonyl (C=O) groups is 1. The van der Waals surface area contributed by atoms with Crippen LogP contribution in [0.3, 0.4) is 0 Å². The van der Waals surface area contributed by atoms with Crippen molar-refractivity contribution in [2.75, 3.05) is 4.90 Å². The van der Waals surface area contributed by atoms with Gasteiger partial charge in [-0.1, -0.05) is 28.6 Å². The number of aromatic nitrogens is 4. The second-order valence-corrected chi connectivity index (χ2v) is 5.23. The number of hydrogen-bond donors (Lipinski definition) is 0. The first-order valence-electron chi connectivity index (χ1n) is 6.93. The van der Waals surface area contributed by atoms with Crippen LogP contribution in [0.15, 0.2) is 41.1 Å². The molecule has 110 valence electrons. The van der Waals surface area contributed by atoms with E-state index in [1.807, 2.05) is 24.3 Å². The van der Waals surface area contributed by atoms with Crippen molar-refractivity contribution in [2.45, 2.75) is 20.0 Å². The summed E-state index contributed by atoms with van der Waals surface area (Å²) >= 11 is 0. The Balaban J connectivity index is 1.82. The van der Waals surface area contributed by atoms with Crippen molar-refractivity contribution >= 4 is 11.6 Å². The second kappa shape index (κ2) is 4.80. The zero-order valence-corrected chi connectivity index (χ0v) is 11.9. The highest BCUT2D eigenvalue weighted by atomic mass is 16.5. The lowest BCUT2D eigenvalue weighted by Crippen LogP contribution is -2.30. The van der Waals surface area contributed by atoms with E-state index in [1.165, 1.54) is 0 Å². The van der Waals surface area contributed by atoms with Crippen LogP contribution < -0.4 is 4.90 Å². The van der Waals surface area contributed by atoms with Gasteiger partial charge in [0, 0.05) is 11.8 Å². The Morgan fingerprint density at radius 1 is 1.27 bits per heavy atom. The van der Waals surface area contributed by atoms with Gasteiger partial charge in [-0.3, -0.25) is 4.79 Å². The van der Waals surface area contributed by atoms with E-state index >= 15 is 0 Å². The van der Waals surface area contributed by atoms with E-state index in [-0.39, 0.29) is 5.91 Å². The zero-order valence-electron chi connectivity index (χ0n) is 11.9. The molecule has 0 saturated carbocycles. The van der Waals surface area contributed by atoms with Crippen molar-refractivity contribution in [3.8, 4) is 0 Å². The fourth-order valence-electron chi connectivity index (χ4n) is 2.64. The van der Waals surface area contributed by atoms with Crippen molar-refractivity contribution in [1.29, 1.82) is 0 Å². The van der Waals surface area contributed by atoms with E-state index in [2.05, 4.69) is 15.5 Å². The molecule has 0 spiro atoms. The summed E-state index contributed by atoms with van der Waals surface area (Å²) in [5.41, 5.74) is 3.05. The van der Waals surface area contributed by atoms with Crippen LogP contribution in [0.1, 0.15) is 27.5 Å². The number of nitrogens with zero attached hydrogens (tertiary/aromatic N) is 5. The summed E-state index contributed by atoms with van der Waals surface area (Å²) in [4.78, 5) is 14.5. The van der Waals surface area contributed by atoms with Crippen molar-refractivity contribution < 1.29 is 9.32 Å². The van der Waals surface area contributed by atoms with Crippen LogP contribution in [-0.4, -0.2) is 26.1 Å². The van der Waals surface area contributed by atoms with E-state index in [4.69, 9.17) is 4.52 Å². The number of amides is 1. The average Bonchev–Trinajstić information content (AvgIpc) is 3.11. The third kappa shape index (κ3) is 1.98. The predicted octanol–water partition coefficient (Wildman–Crippen LogP) is 1.78. The molecule has 0 aliphatic carbocycles. The molecule has 1 aliphatic rings. The SMILES string of the molecule is Cc1cc(C(=O)N2Cc3cnnn3Cc3ccccc32)no1. The van der Waals surface area contributed by atoms with Crippen LogP contribution in [0.2, 0.25) is 0 Å². The number of aryl methyl sites for hydroxylation is 1. The average molecular weight is 295 g/mol. The van der Waals surface area contributed by atoms with Crippen LogP contribution >= 0.6 is 0 Å². The topological polar surface area (TPSA) is 77.1 Å². The third-order valence-corrected chi connectivity index (χ3v) is 3.71. The summed E-state index contributed by atoms with van der Waals surface area (Å²) in [5.74, 6) is 0.414. The Kier molecular flexibility index (Phi) is 2.78. The van der Waals surface area contributed by atoms with Gasteiger partial charge in [-0.2, -0.15) is 0 Å². The van der Waals surface area contributed by atoms with Gasteiger partial charge in [0.05, 0.1) is 25.0 Å². The van der Waals surface area contributed by atoms with Crippen molar-refractivity contribution in [1.82, 2.24) is 20.2 Å².